The summed E-state index contributed by atoms with van der Waals surface area (Å²) in [7, 11) is 3.01. The zero-order valence-corrected chi connectivity index (χ0v) is 13.9. The topological polar surface area (TPSA) is 132 Å². The van der Waals surface area contributed by atoms with Gasteiger partial charge in [-0.1, -0.05) is 0 Å². The number of fused-ring (bicyclic) bond motifs is 1. The number of aromatic amines is 1. The summed E-state index contributed by atoms with van der Waals surface area (Å²) < 4.78 is 5.65. The van der Waals surface area contributed by atoms with E-state index in [-0.39, 0.29) is 11.2 Å². The number of aromatic nitrogens is 6. The first-order valence-electron chi connectivity index (χ1n) is 7.74. The summed E-state index contributed by atoms with van der Waals surface area (Å²) in [5, 5.41) is 21.7. The van der Waals surface area contributed by atoms with Gasteiger partial charge >= 0.3 is 11.3 Å². The van der Waals surface area contributed by atoms with Gasteiger partial charge in [0.2, 0.25) is 0 Å². The zero-order valence-electron chi connectivity index (χ0n) is 13.9. The van der Waals surface area contributed by atoms with Crippen LogP contribution in [-0.2, 0) is 27.2 Å². The maximum atomic E-state index is 12.3. The van der Waals surface area contributed by atoms with E-state index in [1.165, 1.54) is 28.7 Å². The minimum Gasteiger partial charge on any atom is -0.744 e. The van der Waals surface area contributed by atoms with Crippen molar-refractivity contribution in [3.05, 3.63) is 55.6 Å². The molecule has 3 aromatic heterocycles. The van der Waals surface area contributed by atoms with Crippen molar-refractivity contribution in [3.8, 4) is 0 Å². The van der Waals surface area contributed by atoms with Crippen LogP contribution in [0.4, 0.5) is 0 Å². The lowest BCUT2D eigenvalue weighted by Gasteiger charge is -2.12. The van der Waals surface area contributed by atoms with Gasteiger partial charge in [0.05, 0.1) is 25.3 Å². The molecule has 0 atom stereocenters. The zero-order chi connectivity index (χ0) is 18.1. The highest BCUT2D eigenvalue weighted by molar-refractivity contribution is 5.69. The molecule has 0 amide bonds. The van der Waals surface area contributed by atoms with Gasteiger partial charge in [0, 0.05) is 20.6 Å². The molecule has 0 aliphatic carbocycles. The van der Waals surface area contributed by atoms with Gasteiger partial charge in [-0.25, -0.2) is 19.3 Å². The van der Waals surface area contributed by atoms with Gasteiger partial charge in [-0.2, -0.15) is 0 Å². The Labute approximate surface area is 140 Å². The van der Waals surface area contributed by atoms with Gasteiger partial charge in [-0.15, -0.1) is 0 Å². The molecule has 0 aliphatic heterocycles. The average Bonchev–Trinajstić information content (AvgIpc) is 3.21. The van der Waals surface area contributed by atoms with E-state index in [0.29, 0.717) is 37.1 Å². The summed E-state index contributed by atoms with van der Waals surface area (Å²) in [6, 6.07) is 0. The first kappa shape index (κ1) is 16.6. The van der Waals surface area contributed by atoms with Gasteiger partial charge in [0.1, 0.15) is 0 Å². The number of H-pyrrole nitrogens is 1. The molecule has 0 unspecified atom stereocenters. The van der Waals surface area contributed by atoms with Crippen molar-refractivity contribution in [2.45, 2.75) is 25.9 Å². The summed E-state index contributed by atoms with van der Waals surface area (Å²) in [6.07, 6.45) is 6.07. The number of imidazole rings is 2. The second-order valence-electron chi connectivity index (χ2n) is 5.76. The number of rotatable bonds is 5. The number of unbranched alkanes of at least 4 members (excludes halogenated alkanes) is 1. The molecule has 0 aliphatic rings. The van der Waals surface area contributed by atoms with Crippen LogP contribution in [0.1, 0.15) is 12.8 Å². The van der Waals surface area contributed by atoms with Crippen LogP contribution < -0.4 is 21.8 Å². The van der Waals surface area contributed by atoms with E-state index in [0.717, 1.165) is 4.57 Å². The minimum atomic E-state index is -0.465. The van der Waals surface area contributed by atoms with Gasteiger partial charge in [-0.3, -0.25) is 18.8 Å². The third-order valence-electron chi connectivity index (χ3n) is 4.18. The Morgan fingerprint density at radius 1 is 1.12 bits per heavy atom. The molecule has 0 radical (unpaired) electrons. The second-order valence-corrected chi connectivity index (χ2v) is 5.76. The van der Waals surface area contributed by atoms with Crippen LogP contribution in [0.3, 0.4) is 0 Å². The Morgan fingerprint density at radius 2 is 1.80 bits per heavy atom. The first-order chi connectivity index (χ1) is 11.9. The summed E-state index contributed by atoms with van der Waals surface area (Å²) in [4.78, 5) is 30.5. The monoisotopic (exact) mass is 348 g/mol. The van der Waals surface area contributed by atoms with Gasteiger partial charge < -0.3 is 15.0 Å². The smallest absolute Gasteiger partial charge is 0.358 e. The van der Waals surface area contributed by atoms with Crippen molar-refractivity contribution in [1.82, 2.24) is 33.1 Å². The van der Waals surface area contributed by atoms with E-state index in [2.05, 4.69) is 9.97 Å². The van der Waals surface area contributed by atoms with Crippen LogP contribution in [0.2, 0.25) is 0 Å². The van der Waals surface area contributed by atoms with Crippen molar-refractivity contribution in [2.24, 2.45) is 14.1 Å². The molecule has 3 rings (SSSR count). The predicted octanol–water partition coefficient (Wildman–Crippen LogP) is -1.19. The molecular weight excluding hydrogens is 330 g/mol. The fourth-order valence-corrected chi connectivity index (χ4v) is 2.82. The van der Waals surface area contributed by atoms with E-state index in [1.54, 1.807) is 17.8 Å². The van der Waals surface area contributed by atoms with Gasteiger partial charge in [-0.05, 0) is 12.8 Å². The normalized spacial score (nSPS) is 11.3. The van der Waals surface area contributed by atoms with Crippen LogP contribution in [0.25, 0.3) is 11.2 Å². The molecule has 11 nitrogen and oxygen atoms in total. The van der Waals surface area contributed by atoms with E-state index in [4.69, 9.17) is 0 Å². The Morgan fingerprint density at radius 3 is 2.48 bits per heavy atom. The SMILES string of the molecule is Cn1c(=O)c2c(ncn2CCCCn2cc[nH]c2=[N+]([O-])[O-])n(C)c1=O. The lowest BCUT2D eigenvalue weighted by Crippen LogP contribution is -2.37. The largest absolute Gasteiger partial charge is 0.744 e. The van der Waals surface area contributed by atoms with Crippen molar-refractivity contribution in [2.75, 3.05) is 0 Å². The quantitative estimate of drug-likeness (QED) is 0.457. The molecule has 11 heteroatoms. The van der Waals surface area contributed by atoms with Crippen LogP contribution in [-0.4, -0.2) is 28.2 Å². The van der Waals surface area contributed by atoms with Crippen LogP contribution in [0, 0.1) is 10.4 Å². The fraction of sp³-hybridized carbons (Fsp3) is 0.429. The van der Waals surface area contributed by atoms with Crippen molar-refractivity contribution >= 4 is 11.2 Å². The Hall–Kier alpha value is -3.24. The summed E-state index contributed by atoms with van der Waals surface area (Å²) in [6.45, 7) is 1.02. The van der Waals surface area contributed by atoms with E-state index >= 15 is 0 Å². The average molecular weight is 348 g/mol. The summed E-state index contributed by atoms with van der Waals surface area (Å²) in [5.41, 5.74) is -0.129. The number of hydrogen-bond acceptors (Lipinski definition) is 5. The molecule has 0 fully saturated rings. The third-order valence-corrected chi connectivity index (χ3v) is 4.18. The molecule has 25 heavy (non-hydrogen) atoms. The summed E-state index contributed by atoms with van der Waals surface area (Å²) in [5.74, 6) is 0. The number of aryl methyl sites for hydroxylation is 3. The van der Waals surface area contributed by atoms with Crippen molar-refractivity contribution in [3.63, 3.8) is 0 Å². The Kier molecular flexibility index (Phi) is 4.21. The molecule has 0 bridgehead atoms. The van der Waals surface area contributed by atoms with E-state index in [9.17, 15) is 20.0 Å². The first-order valence-corrected chi connectivity index (χ1v) is 7.74. The second kappa shape index (κ2) is 6.34. The maximum absolute atomic E-state index is 12.3. The van der Waals surface area contributed by atoms with E-state index < -0.39 is 10.6 Å². The number of nitrogens with zero attached hydrogens (tertiary/aromatic N) is 6. The molecule has 3 aromatic rings. The maximum Gasteiger partial charge on any atom is 0.358 e. The number of hydrogen-bond donors (Lipinski definition) is 1. The highest BCUT2D eigenvalue weighted by atomic mass is 16.8. The molecule has 0 aromatic carbocycles. The Bertz CT molecular complexity index is 1090. The van der Waals surface area contributed by atoms with Crippen LogP contribution in [0.15, 0.2) is 28.3 Å². The van der Waals surface area contributed by atoms with Gasteiger partial charge in [0.25, 0.3) is 5.56 Å². The van der Waals surface area contributed by atoms with Crippen LogP contribution >= 0.6 is 0 Å². The molecule has 0 spiro atoms. The summed E-state index contributed by atoms with van der Waals surface area (Å²) >= 11 is 0. The predicted molar refractivity (Wildman–Crippen MR) is 90.2 cm³/mol. The molecule has 1 N–H and O–H groups in total. The van der Waals surface area contributed by atoms with Crippen LogP contribution in [0.5, 0.6) is 0 Å². The highest BCUT2D eigenvalue weighted by Crippen LogP contribution is 2.07. The van der Waals surface area contributed by atoms with Crippen molar-refractivity contribution < 1.29 is 0 Å². The third kappa shape index (κ3) is 2.84. The lowest BCUT2D eigenvalue weighted by molar-refractivity contribution is 0.537. The van der Waals surface area contributed by atoms with Crippen molar-refractivity contribution in [1.29, 1.82) is 0 Å². The lowest BCUT2D eigenvalue weighted by atomic mass is 10.3. The standard InChI is InChI=1S/C14H18N7O4/c1-17-11-10(12(22)18(2)14(17)23)20(9-16-11)7-4-3-6-19-8-5-15-13(19)21(24)25/h5,8-9,15H,3-4,6-7H2,1-2H3/q-1. The highest BCUT2D eigenvalue weighted by Gasteiger charge is 2.13. The molecule has 0 saturated heterocycles. The Balaban J connectivity index is 1.77. The molecule has 134 valence electrons. The van der Waals surface area contributed by atoms with E-state index in [1.807, 2.05) is 0 Å². The molecule has 3 heterocycles. The molecular formula is C14H18N7O4-. The van der Waals surface area contributed by atoms with Gasteiger partial charge in [0.15, 0.2) is 11.2 Å². The minimum absolute atomic E-state index is 0.0584. The molecule has 0 saturated carbocycles. The fourth-order valence-electron chi connectivity index (χ4n) is 2.82. The number of nitrogens with one attached hydrogen (secondary N) is 1.